The molecule has 3 saturated carbocycles. The first-order valence-corrected chi connectivity index (χ1v) is 15.4. The highest BCUT2D eigenvalue weighted by molar-refractivity contribution is 5.70. The summed E-state index contributed by atoms with van der Waals surface area (Å²) in [5, 5.41) is 48.2. The molecule has 6 rings (SSSR count). The molecule has 2 heterocycles. The molecule has 1 aromatic carbocycles. The van der Waals surface area contributed by atoms with Crippen molar-refractivity contribution in [2.24, 2.45) is 23.7 Å². The van der Waals surface area contributed by atoms with E-state index in [0.29, 0.717) is 12.0 Å². The van der Waals surface area contributed by atoms with Gasteiger partial charge in [0, 0.05) is 38.0 Å². The summed E-state index contributed by atoms with van der Waals surface area (Å²) in [7, 11) is 0. The fraction of sp³-hybridized carbons (Fsp3) is 0.697. The van der Waals surface area contributed by atoms with Crippen LogP contribution >= 0.6 is 0 Å². The molecule has 0 radical (unpaired) electrons. The largest absolute Gasteiger partial charge is 0.459 e. The van der Waals surface area contributed by atoms with Crippen molar-refractivity contribution in [3.05, 3.63) is 48.0 Å². The zero-order chi connectivity index (χ0) is 32.2. The third-order valence-corrected chi connectivity index (χ3v) is 11.2. The van der Waals surface area contributed by atoms with E-state index in [9.17, 15) is 30.0 Å². The molecule has 3 aliphatic carbocycles. The number of esters is 2. The Morgan fingerprint density at radius 1 is 1.02 bits per heavy atom. The van der Waals surface area contributed by atoms with E-state index in [1.54, 1.807) is 27.7 Å². The van der Waals surface area contributed by atoms with Gasteiger partial charge in [-0.3, -0.25) is 9.59 Å². The average Bonchev–Trinajstić information content (AvgIpc) is 3.33. The van der Waals surface area contributed by atoms with Crippen molar-refractivity contribution in [3.63, 3.8) is 0 Å². The Balaban J connectivity index is 1.50. The van der Waals surface area contributed by atoms with Gasteiger partial charge in [0.2, 0.25) is 0 Å². The van der Waals surface area contributed by atoms with E-state index in [2.05, 4.69) is 6.58 Å². The van der Waals surface area contributed by atoms with Crippen LogP contribution in [0.1, 0.15) is 59.9 Å². The minimum absolute atomic E-state index is 0.0779. The molecular formula is C33H44O11. The highest BCUT2D eigenvalue weighted by atomic mass is 16.9. The van der Waals surface area contributed by atoms with Crippen molar-refractivity contribution in [1.82, 2.24) is 0 Å². The highest BCUT2D eigenvalue weighted by Crippen LogP contribution is 2.71. The van der Waals surface area contributed by atoms with Gasteiger partial charge in [-0.05, 0) is 43.7 Å². The summed E-state index contributed by atoms with van der Waals surface area (Å²) < 4.78 is 31.7. The normalized spacial score (nSPS) is 50.4. The van der Waals surface area contributed by atoms with Crippen LogP contribution in [0.2, 0.25) is 0 Å². The zero-order valence-corrected chi connectivity index (χ0v) is 26.1. The van der Waals surface area contributed by atoms with Gasteiger partial charge in [0.05, 0.1) is 11.7 Å². The lowest BCUT2D eigenvalue weighted by atomic mass is 9.52. The number of hydrogen-bond donors (Lipinski definition) is 4. The molecule has 2 aliphatic heterocycles. The van der Waals surface area contributed by atoms with E-state index in [4.69, 9.17) is 23.7 Å². The summed E-state index contributed by atoms with van der Waals surface area (Å²) in [5.41, 5.74) is -6.24. The molecule has 4 N–H and O–H groups in total. The minimum atomic E-state index is -2.31. The fourth-order valence-electron chi connectivity index (χ4n) is 9.44. The smallest absolute Gasteiger partial charge is 0.306 e. The van der Waals surface area contributed by atoms with Crippen LogP contribution in [0.25, 0.3) is 0 Å². The summed E-state index contributed by atoms with van der Waals surface area (Å²) in [6, 6.07) is 9.54. The Bertz CT molecular complexity index is 1350. The van der Waals surface area contributed by atoms with Crippen LogP contribution in [0.15, 0.2) is 42.5 Å². The minimum Gasteiger partial charge on any atom is -0.459 e. The molecule has 0 spiro atoms. The quantitative estimate of drug-likeness (QED) is 0.272. The molecule has 5 fully saturated rings. The van der Waals surface area contributed by atoms with Gasteiger partial charge in [0.25, 0.3) is 5.97 Å². The number of aliphatic hydroxyl groups excluding tert-OH is 2. The number of rotatable bonds is 6. The van der Waals surface area contributed by atoms with E-state index < -0.39 is 94.5 Å². The third-order valence-electron chi connectivity index (χ3n) is 11.2. The number of fused-ring (bicyclic) bond motifs is 2. The molecule has 44 heavy (non-hydrogen) atoms. The Labute approximate surface area is 257 Å². The van der Waals surface area contributed by atoms with Gasteiger partial charge >= 0.3 is 11.9 Å². The van der Waals surface area contributed by atoms with Gasteiger partial charge in [-0.2, -0.15) is 0 Å². The number of aryl methyl sites for hydroxylation is 1. The molecular weight excluding hydrogens is 572 g/mol. The Hall–Kier alpha value is -2.38. The fourth-order valence-corrected chi connectivity index (χ4v) is 9.44. The van der Waals surface area contributed by atoms with Gasteiger partial charge in [0.15, 0.2) is 5.60 Å². The number of carbonyl (C=O) groups is 2. The first kappa shape index (κ1) is 31.6. The molecule has 14 atom stereocenters. The summed E-state index contributed by atoms with van der Waals surface area (Å²) in [6.07, 6.45) is -6.31. The second kappa shape index (κ2) is 10.1. The topological polar surface area (TPSA) is 161 Å². The van der Waals surface area contributed by atoms with Crippen LogP contribution in [-0.2, 0) is 39.7 Å². The molecule has 2 saturated heterocycles. The van der Waals surface area contributed by atoms with E-state index in [-0.39, 0.29) is 12.8 Å². The lowest BCUT2D eigenvalue weighted by Crippen LogP contribution is -2.77. The summed E-state index contributed by atoms with van der Waals surface area (Å²) >= 11 is 0. The number of aliphatic hydroxyl groups is 4. The Kier molecular flexibility index (Phi) is 7.22. The maximum atomic E-state index is 13.5. The molecule has 242 valence electrons. The van der Waals surface area contributed by atoms with Crippen LogP contribution < -0.4 is 0 Å². The van der Waals surface area contributed by atoms with Crippen molar-refractivity contribution in [2.75, 3.05) is 0 Å². The molecule has 5 aliphatic rings. The molecule has 0 aromatic heterocycles. The number of hydrogen-bond acceptors (Lipinski definition) is 11. The van der Waals surface area contributed by atoms with Crippen LogP contribution in [-0.4, -0.2) is 91.3 Å². The summed E-state index contributed by atoms with van der Waals surface area (Å²) in [6.45, 7) is 13.5. The van der Waals surface area contributed by atoms with E-state index in [1.807, 2.05) is 30.3 Å². The molecule has 1 unspecified atom stereocenters. The molecule has 11 heteroatoms. The van der Waals surface area contributed by atoms with Crippen molar-refractivity contribution in [3.8, 4) is 0 Å². The monoisotopic (exact) mass is 616 g/mol. The molecule has 3 bridgehead atoms. The van der Waals surface area contributed by atoms with E-state index in [0.717, 1.165) is 5.56 Å². The van der Waals surface area contributed by atoms with Crippen molar-refractivity contribution < 1.29 is 53.7 Å². The summed E-state index contributed by atoms with van der Waals surface area (Å²) in [5.74, 6) is -6.26. The molecule has 0 amide bonds. The third kappa shape index (κ3) is 4.00. The predicted octanol–water partition coefficient (Wildman–Crippen LogP) is 1.78. The van der Waals surface area contributed by atoms with E-state index >= 15 is 0 Å². The highest BCUT2D eigenvalue weighted by Gasteiger charge is 2.86. The van der Waals surface area contributed by atoms with Gasteiger partial charge in [-0.25, -0.2) is 0 Å². The van der Waals surface area contributed by atoms with Crippen LogP contribution in [0, 0.1) is 23.7 Å². The maximum Gasteiger partial charge on any atom is 0.306 e. The molecule has 11 nitrogen and oxygen atoms in total. The Morgan fingerprint density at radius 3 is 2.30 bits per heavy atom. The average molecular weight is 617 g/mol. The van der Waals surface area contributed by atoms with Crippen molar-refractivity contribution in [1.29, 1.82) is 0 Å². The standard InChI is InChI=1S/C33H44O11/c1-16(2)32-26(41-22(35)14-13-20-11-9-8-10-12-20)18(4)33-21-15-17(3)25(40-19(5)34)31(21,39)28(37)29(6,38)24(36)23(33)27(32)42-30(7,43-32)44-33/h8-12,17-18,21,23-28,36-39H,1,13-15H2,2-7H3/t17-,18+,21+,23-,24-,25-,26-,27+,28+,29+,30?,31+,32-,33-/m0/s1. The lowest BCUT2D eigenvalue weighted by molar-refractivity contribution is -0.429. The number of ether oxygens (including phenoxy) is 5. The first-order chi connectivity index (χ1) is 20.5. The number of carbonyl (C=O) groups excluding carboxylic acids is 2. The van der Waals surface area contributed by atoms with Crippen LogP contribution in [0.5, 0.6) is 0 Å². The van der Waals surface area contributed by atoms with Crippen molar-refractivity contribution in [2.45, 2.75) is 120 Å². The predicted molar refractivity (Wildman–Crippen MR) is 153 cm³/mol. The van der Waals surface area contributed by atoms with Gasteiger partial charge in [0.1, 0.15) is 35.6 Å². The summed E-state index contributed by atoms with van der Waals surface area (Å²) in [4.78, 5) is 25.8. The molecule has 1 aromatic rings. The maximum absolute atomic E-state index is 13.5. The van der Waals surface area contributed by atoms with Gasteiger partial charge < -0.3 is 44.1 Å². The van der Waals surface area contributed by atoms with Crippen molar-refractivity contribution >= 4 is 11.9 Å². The SMILES string of the molecule is C=C(C)[C@@]12OC3(C)O[C@@H]1[C@@H]1[C@H](O)[C@@](C)(O)[C@@H](O)[C@@]4(O)[C@@H](C[C@H](C)[C@@H]4OC(C)=O)[C@@]1(O3)[C@H](C)[C@@H]2OC(=O)CCc1ccccc1. The van der Waals surface area contributed by atoms with Gasteiger partial charge in [-0.1, -0.05) is 50.8 Å². The number of benzene rings is 1. The second-order valence-corrected chi connectivity index (χ2v) is 14.0. The lowest BCUT2D eigenvalue weighted by Gasteiger charge is -2.62. The Morgan fingerprint density at radius 2 is 1.68 bits per heavy atom. The van der Waals surface area contributed by atoms with Gasteiger partial charge in [-0.15, -0.1) is 0 Å². The zero-order valence-electron chi connectivity index (χ0n) is 26.1. The van der Waals surface area contributed by atoms with Crippen LogP contribution in [0.3, 0.4) is 0 Å². The first-order valence-electron chi connectivity index (χ1n) is 15.4. The van der Waals surface area contributed by atoms with Crippen LogP contribution in [0.4, 0.5) is 0 Å². The van der Waals surface area contributed by atoms with E-state index in [1.165, 1.54) is 13.8 Å². The second-order valence-electron chi connectivity index (χ2n) is 14.0.